The van der Waals surface area contributed by atoms with Crippen LogP contribution in [0, 0.1) is 0 Å². The minimum atomic E-state index is 0.103. The van der Waals surface area contributed by atoms with Crippen molar-refractivity contribution >= 4 is 0 Å². The molecule has 0 bridgehead atoms. The molecular formula is C12H18N2O. The first-order valence-electron chi connectivity index (χ1n) is 5.42. The molecule has 0 unspecified atom stereocenters. The maximum atomic E-state index is 5.83. The molecular weight excluding hydrogens is 188 g/mol. The van der Waals surface area contributed by atoms with Crippen LogP contribution in [0.4, 0.5) is 0 Å². The van der Waals surface area contributed by atoms with Crippen molar-refractivity contribution in [3.8, 4) is 0 Å². The lowest BCUT2D eigenvalue weighted by molar-refractivity contribution is 0.0441. The van der Waals surface area contributed by atoms with Gasteiger partial charge in [0.05, 0.1) is 12.7 Å². The Morgan fingerprint density at radius 3 is 2.27 bits per heavy atom. The molecule has 0 aliphatic heterocycles. The summed E-state index contributed by atoms with van der Waals surface area (Å²) in [5.74, 6) is 0. The van der Waals surface area contributed by atoms with Crippen molar-refractivity contribution in [2.75, 3.05) is 0 Å². The first-order valence-corrected chi connectivity index (χ1v) is 5.42. The van der Waals surface area contributed by atoms with Gasteiger partial charge < -0.3 is 16.2 Å². The Balaban J connectivity index is 1.80. The van der Waals surface area contributed by atoms with Gasteiger partial charge in [0, 0.05) is 12.1 Å². The fraction of sp³-hybridized carbons (Fsp3) is 0.500. The molecule has 1 aliphatic rings. The van der Waals surface area contributed by atoms with Crippen molar-refractivity contribution in [2.45, 2.75) is 37.6 Å². The van der Waals surface area contributed by atoms with Crippen LogP contribution in [0.1, 0.15) is 18.4 Å². The highest BCUT2D eigenvalue weighted by Gasteiger charge is 2.29. The normalized spacial score (nSPS) is 27.1. The number of ether oxygens (including phenoxy) is 1. The Kier molecular flexibility index (Phi) is 3.36. The van der Waals surface area contributed by atoms with Crippen LogP contribution < -0.4 is 11.5 Å². The largest absolute Gasteiger partial charge is 0.373 e. The zero-order valence-corrected chi connectivity index (χ0v) is 8.80. The molecule has 2 rings (SSSR count). The third kappa shape index (κ3) is 2.78. The third-order valence-corrected chi connectivity index (χ3v) is 2.95. The lowest BCUT2D eigenvalue weighted by Gasteiger charge is -2.11. The molecule has 0 saturated heterocycles. The summed E-state index contributed by atoms with van der Waals surface area (Å²) in [6.45, 7) is 0.658. The molecule has 1 aromatic carbocycles. The van der Waals surface area contributed by atoms with Crippen molar-refractivity contribution in [3.05, 3.63) is 35.9 Å². The van der Waals surface area contributed by atoms with Crippen LogP contribution in [0.5, 0.6) is 0 Å². The summed E-state index contributed by atoms with van der Waals surface area (Å²) in [6.07, 6.45) is 2.00. The first-order chi connectivity index (χ1) is 7.25. The van der Waals surface area contributed by atoms with E-state index in [0.29, 0.717) is 6.61 Å². The maximum Gasteiger partial charge on any atom is 0.0720 e. The smallest absolute Gasteiger partial charge is 0.0720 e. The van der Waals surface area contributed by atoms with Crippen molar-refractivity contribution in [2.24, 2.45) is 11.5 Å². The van der Waals surface area contributed by atoms with Gasteiger partial charge in [0.1, 0.15) is 0 Å². The first kappa shape index (κ1) is 10.6. The van der Waals surface area contributed by atoms with Gasteiger partial charge in [0.15, 0.2) is 0 Å². The Hall–Kier alpha value is -0.900. The van der Waals surface area contributed by atoms with E-state index < -0.39 is 0 Å². The number of hydrogen-bond acceptors (Lipinski definition) is 3. The average Bonchev–Trinajstić information content (AvgIpc) is 2.57. The third-order valence-electron chi connectivity index (χ3n) is 2.95. The molecule has 2 atom stereocenters. The zero-order chi connectivity index (χ0) is 10.7. The summed E-state index contributed by atoms with van der Waals surface area (Å²) >= 11 is 0. The van der Waals surface area contributed by atoms with Crippen molar-refractivity contribution in [1.29, 1.82) is 0 Å². The van der Waals surface area contributed by atoms with Crippen LogP contribution in [-0.4, -0.2) is 18.2 Å². The summed E-state index contributed by atoms with van der Waals surface area (Å²) in [7, 11) is 0. The quantitative estimate of drug-likeness (QED) is 0.776. The Labute approximate surface area is 90.4 Å². The zero-order valence-electron chi connectivity index (χ0n) is 8.80. The molecule has 0 radical (unpaired) electrons. The summed E-state index contributed by atoms with van der Waals surface area (Å²) in [4.78, 5) is 0. The second-order valence-electron chi connectivity index (χ2n) is 4.22. The molecule has 82 valence electrons. The van der Waals surface area contributed by atoms with Gasteiger partial charge in [-0.25, -0.2) is 0 Å². The molecule has 1 aromatic rings. The summed E-state index contributed by atoms with van der Waals surface area (Å²) in [5, 5.41) is 0. The number of rotatable bonds is 3. The minimum absolute atomic E-state index is 0.103. The van der Waals surface area contributed by atoms with E-state index in [-0.39, 0.29) is 18.2 Å². The van der Waals surface area contributed by atoms with E-state index in [4.69, 9.17) is 16.2 Å². The fourth-order valence-corrected chi connectivity index (χ4v) is 1.98. The molecule has 0 amide bonds. The van der Waals surface area contributed by atoms with E-state index in [1.807, 2.05) is 18.2 Å². The van der Waals surface area contributed by atoms with E-state index in [1.165, 1.54) is 5.56 Å². The molecule has 1 aliphatic carbocycles. The minimum Gasteiger partial charge on any atom is -0.373 e. The topological polar surface area (TPSA) is 61.3 Å². The van der Waals surface area contributed by atoms with E-state index in [1.54, 1.807) is 0 Å². The van der Waals surface area contributed by atoms with E-state index in [0.717, 1.165) is 12.8 Å². The van der Waals surface area contributed by atoms with E-state index in [2.05, 4.69) is 12.1 Å². The second-order valence-corrected chi connectivity index (χ2v) is 4.22. The number of benzene rings is 1. The van der Waals surface area contributed by atoms with Gasteiger partial charge in [0.25, 0.3) is 0 Å². The van der Waals surface area contributed by atoms with Gasteiger partial charge >= 0.3 is 0 Å². The molecule has 3 nitrogen and oxygen atoms in total. The molecule has 1 fully saturated rings. The van der Waals surface area contributed by atoms with Gasteiger partial charge in [-0.15, -0.1) is 0 Å². The lowest BCUT2D eigenvalue weighted by Crippen LogP contribution is -2.35. The highest BCUT2D eigenvalue weighted by molar-refractivity contribution is 5.13. The van der Waals surface area contributed by atoms with Gasteiger partial charge in [-0.05, 0) is 18.4 Å². The van der Waals surface area contributed by atoms with Gasteiger partial charge in [-0.2, -0.15) is 0 Å². The van der Waals surface area contributed by atoms with Crippen LogP contribution in [0.2, 0.25) is 0 Å². The SMILES string of the molecule is N[C@H]1CC(OCc2ccccc2)C[C@@H]1N. The molecule has 3 heteroatoms. The Bertz CT molecular complexity index is 292. The van der Waals surface area contributed by atoms with Crippen LogP contribution in [0.25, 0.3) is 0 Å². The van der Waals surface area contributed by atoms with Gasteiger partial charge in [-0.3, -0.25) is 0 Å². The highest BCUT2D eigenvalue weighted by atomic mass is 16.5. The van der Waals surface area contributed by atoms with Gasteiger partial charge in [0.2, 0.25) is 0 Å². The second kappa shape index (κ2) is 4.75. The molecule has 0 aromatic heterocycles. The van der Waals surface area contributed by atoms with Crippen molar-refractivity contribution < 1.29 is 4.74 Å². The van der Waals surface area contributed by atoms with Crippen molar-refractivity contribution in [1.82, 2.24) is 0 Å². The summed E-state index contributed by atoms with van der Waals surface area (Å²) in [6, 6.07) is 10.4. The Morgan fingerprint density at radius 2 is 1.67 bits per heavy atom. The standard InChI is InChI=1S/C12H18N2O/c13-11-6-10(7-12(11)14)15-8-9-4-2-1-3-5-9/h1-5,10-12H,6-8,13-14H2/t11-,12-/m0/s1. The van der Waals surface area contributed by atoms with Crippen LogP contribution in [-0.2, 0) is 11.3 Å². The molecule has 0 spiro atoms. The average molecular weight is 206 g/mol. The van der Waals surface area contributed by atoms with Crippen molar-refractivity contribution in [3.63, 3.8) is 0 Å². The number of hydrogen-bond donors (Lipinski definition) is 2. The molecule has 0 heterocycles. The monoisotopic (exact) mass is 206 g/mol. The fourth-order valence-electron chi connectivity index (χ4n) is 1.98. The summed E-state index contributed by atoms with van der Waals surface area (Å²) in [5.41, 5.74) is 12.9. The lowest BCUT2D eigenvalue weighted by atomic mass is 10.2. The van der Waals surface area contributed by atoms with Crippen LogP contribution in [0.15, 0.2) is 30.3 Å². The predicted octanol–water partition coefficient (Wildman–Crippen LogP) is 1.02. The van der Waals surface area contributed by atoms with E-state index >= 15 is 0 Å². The maximum absolute atomic E-state index is 5.83. The molecule has 15 heavy (non-hydrogen) atoms. The van der Waals surface area contributed by atoms with E-state index in [9.17, 15) is 0 Å². The Morgan fingerprint density at radius 1 is 1.07 bits per heavy atom. The highest BCUT2D eigenvalue weighted by Crippen LogP contribution is 2.20. The predicted molar refractivity (Wildman–Crippen MR) is 60.2 cm³/mol. The molecule has 1 saturated carbocycles. The van der Waals surface area contributed by atoms with Gasteiger partial charge in [-0.1, -0.05) is 30.3 Å². The van der Waals surface area contributed by atoms with Crippen LogP contribution in [0.3, 0.4) is 0 Å². The van der Waals surface area contributed by atoms with Crippen LogP contribution >= 0.6 is 0 Å². The number of nitrogens with two attached hydrogens (primary N) is 2. The molecule has 4 N–H and O–H groups in total. The summed E-state index contributed by atoms with van der Waals surface area (Å²) < 4.78 is 5.77.